The number of amides is 4. The molecule has 0 bridgehead atoms. The first kappa shape index (κ1) is 25.4. The molecule has 3 rings (SSSR count). The van der Waals surface area contributed by atoms with Crippen LogP contribution in [-0.2, 0) is 4.79 Å². The molecule has 0 unspecified atom stereocenters. The normalized spacial score (nSPS) is 27.3. The maximum Gasteiger partial charge on any atom is 0.440 e. The van der Waals surface area contributed by atoms with E-state index in [2.05, 4.69) is 0 Å². The average Bonchev–Trinajstić information content (AvgIpc) is 3.04. The maximum absolute atomic E-state index is 14.3. The molecule has 2 N–H and O–H groups in total. The van der Waals surface area contributed by atoms with Gasteiger partial charge in [-0.15, -0.1) is 0 Å². The van der Waals surface area contributed by atoms with Gasteiger partial charge < -0.3 is 19.5 Å². The minimum Gasteiger partial charge on any atom is -0.493 e. The van der Waals surface area contributed by atoms with Gasteiger partial charge in [-0.25, -0.2) is 4.79 Å². The fraction of sp³-hybridized carbons (Fsp3) is 0.591. The Balaban J connectivity index is 2.02. The molecule has 2 aliphatic rings. The van der Waals surface area contributed by atoms with Crippen LogP contribution < -0.4 is 24.8 Å². The Morgan fingerprint density at radius 1 is 1.09 bits per heavy atom. The van der Waals surface area contributed by atoms with Crippen molar-refractivity contribution < 1.29 is 41.8 Å². The predicted octanol–water partition coefficient (Wildman–Crippen LogP) is 3.08. The summed E-state index contributed by atoms with van der Waals surface area (Å²) < 4.78 is 58.4. The number of imide groups is 1. The van der Waals surface area contributed by atoms with E-state index in [0.717, 1.165) is 6.42 Å². The van der Waals surface area contributed by atoms with Crippen LogP contribution in [0.15, 0.2) is 12.1 Å². The second-order valence-corrected chi connectivity index (χ2v) is 8.52. The molecule has 1 aromatic rings. The summed E-state index contributed by atoms with van der Waals surface area (Å²) in [5.74, 6) is -2.98. The second-order valence-electron chi connectivity index (χ2n) is 8.52. The third-order valence-electron chi connectivity index (χ3n) is 6.72. The number of nitrogens with one attached hydrogen (secondary N) is 2. The van der Waals surface area contributed by atoms with Crippen molar-refractivity contribution in [3.63, 3.8) is 0 Å². The fourth-order valence-corrected chi connectivity index (χ4v) is 4.63. The third-order valence-corrected chi connectivity index (χ3v) is 6.72. The first-order valence-electron chi connectivity index (χ1n) is 10.8. The number of nitrogens with zero attached hydrogens (tertiary/aromatic N) is 1. The zero-order chi connectivity index (χ0) is 25.4. The third kappa shape index (κ3) is 3.98. The largest absolute Gasteiger partial charge is 0.493 e. The standard InChI is InChI=1S/C22H28F3N3O6/c1-11-7-6-8-14(12(11)2)28-19(30)21(22(23,24)25,27-20(28)31)26-18(29)13-9-10-15(32-3)17(34-5)16(13)33-4/h9-12,14H,6-8H2,1-5H3,(H,26,29)(H,27,31)/t11-,12+,14+,21-/m0/s1. The van der Waals surface area contributed by atoms with Crippen LogP contribution in [0.3, 0.4) is 0 Å². The van der Waals surface area contributed by atoms with Crippen molar-refractivity contribution in [2.75, 3.05) is 21.3 Å². The van der Waals surface area contributed by atoms with Gasteiger partial charge in [-0.05, 0) is 30.4 Å². The van der Waals surface area contributed by atoms with Crippen LogP contribution in [-0.4, -0.2) is 62.0 Å². The summed E-state index contributed by atoms with van der Waals surface area (Å²) in [5.41, 5.74) is -3.97. The van der Waals surface area contributed by atoms with Gasteiger partial charge in [-0.2, -0.15) is 13.2 Å². The first-order valence-corrected chi connectivity index (χ1v) is 10.8. The van der Waals surface area contributed by atoms with E-state index < -0.39 is 35.7 Å². The number of rotatable bonds is 6. The van der Waals surface area contributed by atoms with E-state index in [0.29, 0.717) is 17.7 Å². The SMILES string of the molecule is COc1ccc(C(=O)N[C@]2(C(F)(F)F)NC(=O)N([C@@H]3CCC[C@H](C)[C@H]3C)C2=O)c(OC)c1OC. The zero-order valence-electron chi connectivity index (χ0n) is 19.5. The molecule has 12 heteroatoms. The number of hydrogen-bond donors (Lipinski definition) is 2. The van der Waals surface area contributed by atoms with E-state index in [4.69, 9.17) is 14.2 Å². The van der Waals surface area contributed by atoms with Gasteiger partial charge in [0.25, 0.3) is 17.5 Å². The number of halogens is 3. The van der Waals surface area contributed by atoms with E-state index in [1.165, 1.54) is 33.5 Å². The van der Waals surface area contributed by atoms with Gasteiger partial charge in [0, 0.05) is 6.04 Å². The maximum atomic E-state index is 14.3. The second kappa shape index (κ2) is 9.22. The van der Waals surface area contributed by atoms with Crippen LogP contribution in [0.25, 0.3) is 0 Å². The van der Waals surface area contributed by atoms with Gasteiger partial charge in [0.1, 0.15) is 0 Å². The van der Waals surface area contributed by atoms with Crippen LogP contribution in [0.4, 0.5) is 18.0 Å². The average molecular weight is 487 g/mol. The minimum absolute atomic E-state index is 0.0212. The summed E-state index contributed by atoms with van der Waals surface area (Å²) in [6, 6.07) is 0.563. The predicted molar refractivity (Wildman–Crippen MR) is 114 cm³/mol. The first-order chi connectivity index (χ1) is 15.9. The lowest BCUT2D eigenvalue weighted by atomic mass is 9.77. The Morgan fingerprint density at radius 3 is 2.29 bits per heavy atom. The molecular formula is C22H28F3N3O6. The Labute approximate surface area is 194 Å². The van der Waals surface area contributed by atoms with E-state index in [9.17, 15) is 27.6 Å². The number of methoxy groups -OCH3 is 3. The van der Waals surface area contributed by atoms with Gasteiger partial charge in [0.15, 0.2) is 11.5 Å². The highest BCUT2D eigenvalue weighted by molar-refractivity contribution is 6.11. The smallest absolute Gasteiger partial charge is 0.440 e. The highest BCUT2D eigenvalue weighted by Crippen LogP contribution is 2.42. The van der Waals surface area contributed by atoms with Crippen LogP contribution in [0.5, 0.6) is 17.2 Å². The van der Waals surface area contributed by atoms with Crippen molar-refractivity contribution in [3.8, 4) is 17.2 Å². The van der Waals surface area contributed by atoms with Crippen molar-refractivity contribution in [1.82, 2.24) is 15.5 Å². The summed E-state index contributed by atoms with van der Waals surface area (Å²) in [4.78, 5) is 39.6. The zero-order valence-corrected chi connectivity index (χ0v) is 19.5. The molecule has 0 aromatic heterocycles. The molecule has 1 heterocycles. The van der Waals surface area contributed by atoms with Crippen molar-refractivity contribution in [2.45, 2.75) is 51.0 Å². The lowest BCUT2D eigenvalue weighted by Crippen LogP contribution is -2.69. The summed E-state index contributed by atoms with van der Waals surface area (Å²) in [7, 11) is 3.80. The molecule has 9 nitrogen and oxygen atoms in total. The molecule has 1 aliphatic heterocycles. The van der Waals surface area contributed by atoms with Crippen molar-refractivity contribution in [1.29, 1.82) is 0 Å². The lowest BCUT2D eigenvalue weighted by Gasteiger charge is -2.38. The monoisotopic (exact) mass is 487 g/mol. The van der Waals surface area contributed by atoms with E-state index >= 15 is 0 Å². The number of alkyl halides is 3. The highest BCUT2D eigenvalue weighted by Gasteiger charge is 2.70. The molecule has 0 radical (unpaired) electrons. The number of benzene rings is 1. The molecule has 188 valence electrons. The molecule has 2 fully saturated rings. The Morgan fingerprint density at radius 2 is 1.74 bits per heavy atom. The van der Waals surface area contributed by atoms with Crippen molar-refractivity contribution >= 4 is 17.8 Å². The Bertz CT molecular complexity index is 985. The number of hydrogen-bond acceptors (Lipinski definition) is 6. The molecule has 34 heavy (non-hydrogen) atoms. The van der Waals surface area contributed by atoms with E-state index in [1.54, 1.807) is 17.6 Å². The number of carbonyl (C=O) groups excluding carboxylic acids is 3. The molecule has 1 saturated heterocycles. The van der Waals surface area contributed by atoms with Crippen LogP contribution in [0.2, 0.25) is 0 Å². The molecule has 1 saturated carbocycles. The minimum atomic E-state index is -5.32. The molecule has 0 spiro atoms. The number of ether oxygens (including phenoxy) is 3. The molecular weight excluding hydrogens is 459 g/mol. The molecule has 1 aromatic carbocycles. The topological polar surface area (TPSA) is 106 Å². The lowest BCUT2D eigenvalue weighted by molar-refractivity contribution is -0.201. The Hall–Kier alpha value is -3.18. The van der Waals surface area contributed by atoms with Gasteiger partial charge in [0.05, 0.1) is 26.9 Å². The molecule has 1 aliphatic carbocycles. The quantitative estimate of drug-likeness (QED) is 0.598. The van der Waals surface area contributed by atoms with Crippen LogP contribution >= 0.6 is 0 Å². The van der Waals surface area contributed by atoms with Crippen molar-refractivity contribution in [2.24, 2.45) is 11.8 Å². The summed E-state index contributed by atoms with van der Waals surface area (Å²) in [5, 5.41) is 3.44. The fourth-order valence-electron chi connectivity index (χ4n) is 4.63. The highest BCUT2D eigenvalue weighted by atomic mass is 19.4. The van der Waals surface area contributed by atoms with Gasteiger partial charge in [-0.1, -0.05) is 26.7 Å². The van der Waals surface area contributed by atoms with Gasteiger partial charge in [0.2, 0.25) is 5.75 Å². The summed E-state index contributed by atoms with van der Waals surface area (Å²) in [6.07, 6.45) is -3.42. The van der Waals surface area contributed by atoms with E-state index in [1.807, 2.05) is 6.92 Å². The van der Waals surface area contributed by atoms with Gasteiger partial charge in [-0.3, -0.25) is 19.8 Å². The summed E-state index contributed by atoms with van der Waals surface area (Å²) >= 11 is 0. The van der Waals surface area contributed by atoms with E-state index in [-0.39, 0.29) is 34.6 Å². The number of carbonyl (C=O) groups is 3. The summed E-state index contributed by atoms with van der Waals surface area (Å²) in [6.45, 7) is 3.73. The Kier molecular flexibility index (Phi) is 6.90. The van der Waals surface area contributed by atoms with Gasteiger partial charge >= 0.3 is 12.2 Å². The molecule has 4 atom stereocenters. The van der Waals surface area contributed by atoms with Crippen LogP contribution in [0, 0.1) is 11.8 Å². The molecule has 4 amide bonds. The number of urea groups is 1. The van der Waals surface area contributed by atoms with Crippen LogP contribution in [0.1, 0.15) is 43.5 Å². The van der Waals surface area contributed by atoms with Crippen molar-refractivity contribution in [3.05, 3.63) is 17.7 Å².